The van der Waals surface area contributed by atoms with Gasteiger partial charge in [0.25, 0.3) is 0 Å². The second-order valence-corrected chi connectivity index (χ2v) is 4.83. The molecular weight excluding hydrogens is 176 g/mol. The molecule has 2 nitrogen and oxygen atoms in total. The predicted octanol–water partition coefficient (Wildman–Crippen LogP) is 1.56. The third kappa shape index (κ3) is 3.49. The number of thioether (sulfide) groups is 2. The summed E-state index contributed by atoms with van der Waals surface area (Å²) in [5.74, 6) is 2.17. The van der Waals surface area contributed by atoms with Crippen LogP contribution in [0.5, 0.6) is 0 Å². The second kappa shape index (κ2) is 5.06. The lowest BCUT2D eigenvalue weighted by Gasteiger charge is -2.06. The zero-order valence-corrected chi connectivity index (χ0v) is 8.38. The Morgan fingerprint density at radius 3 is 3.18 bits per heavy atom. The number of nitrogens with zero attached hydrogens (tertiary/aromatic N) is 1. The summed E-state index contributed by atoms with van der Waals surface area (Å²) in [6, 6.07) is 0.337. The quantitative estimate of drug-likeness (QED) is 0.734. The highest BCUT2D eigenvalue weighted by Gasteiger charge is 2.08. The lowest BCUT2D eigenvalue weighted by Crippen LogP contribution is -2.21. The van der Waals surface area contributed by atoms with Gasteiger partial charge in [-0.25, -0.2) is 0 Å². The number of nitrogens with two attached hydrogens (primary N) is 1. The Labute approximate surface area is 76.4 Å². The second-order valence-electron chi connectivity index (χ2n) is 2.48. The minimum absolute atomic E-state index is 0.337. The minimum atomic E-state index is 0.337. The van der Waals surface area contributed by atoms with Crippen molar-refractivity contribution in [1.82, 2.24) is 0 Å². The molecule has 0 saturated carbocycles. The molecule has 0 aliphatic carbocycles. The van der Waals surface area contributed by atoms with Crippen molar-refractivity contribution < 1.29 is 0 Å². The topological polar surface area (TPSA) is 38.4 Å². The van der Waals surface area contributed by atoms with Gasteiger partial charge >= 0.3 is 0 Å². The molecule has 1 heterocycles. The summed E-state index contributed by atoms with van der Waals surface area (Å²) in [7, 11) is 0. The maximum Gasteiger partial charge on any atom is 0.124 e. The largest absolute Gasteiger partial charge is 0.327 e. The summed E-state index contributed by atoms with van der Waals surface area (Å²) >= 11 is 3.66. The van der Waals surface area contributed by atoms with Crippen LogP contribution in [0.15, 0.2) is 4.99 Å². The molecule has 0 saturated heterocycles. The van der Waals surface area contributed by atoms with Crippen LogP contribution >= 0.6 is 23.5 Å². The lowest BCUT2D eigenvalue weighted by molar-refractivity contribution is 0.726. The van der Waals surface area contributed by atoms with E-state index >= 15 is 0 Å². The summed E-state index contributed by atoms with van der Waals surface area (Å²) in [6.07, 6.45) is 1.06. The fourth-order valence-electron chi connectivity index (χ4n) is 0.699. The first kappa shape index (κ1) is 9.42. The van der Waals surface area contributed by atoms with Gasteiger partial charge in [0, 0.05) is 17.5 Å². The van der Waals surface area contributed by atoms with E-state index in [9.17, 15) is 0 Å². The third-order valence-electron chi connectivity index (χ3n) is 1.50. The van der Waals surface area contributed by atoms with Crippen molar-refractivity contribution in [3.8, 4) is 0 Å². The monoisotopic (exact) mass is 190 g/mol. The number of rotatable bonds is 3. The minimum Gasteiger partial charge on any atom is -0.327 e. The van der Waals surface area contributed by atoms with Crippen molar-refractivity contribution in [2.45, 2.75) is 19.4 Å². The summed E-state index contributed by atoms with van der Waals surface area (Å²) in [5.41, 5.74) is 5.77. The van der Waals surface area contributed by atoms with Gasteiger partial charge in [-0.3, -0.25) is 4.99 Å². The zero-order valence-electron chi connectivity index (χ0n) is 6.75. The molecule has 64 valence electrons. The van der Waals surface area contributed by atoms with E-state index in [-0.39, 0.29) is 0 Å². The van der Waals surface area contributed by atoms with Crippen molar-refractivity contribution in [3.05, 3.63) is 0 Å². The van der Waals surface area contributed by atoms with Gasteiger partial charge in [-0.2, -0.15) is 0 Å². The first-order chi connectivity index (χ1) is 5.33. The Balaban J connectivity index is 2.11. The number of aliphatic imine (C=N–C) groups is 1. The highest BCUT2D eigenvalue weighted by molar-refractivity contribution is 8.39. The van der Waals surface area contributed by atoms with Crippen molar-refractivity contribution in [2.75, 3.05) is 18.1 Å². The van der Waals surface area contributed by atoms with Crippen LogP contribution in [-0.2, 0) is 0 Å². The molecule has 2 N–H and O–H groups in total. The van der Waals surface area contributed by atoms with Crippen LogP contribution in [0.1, 0.15) is 13.3 Å². The average Bonchev–Trinajstić information content (AvgIpc) is 2.52. The molecule has 1 rings (SSSR count). The molecule has 0 spiro atoms. The summed E-state index contributed by atoms with van der Waals surface area (Å²) in [4.78, 5) is 4.33. The Morgan fingerprint density at radius 2 is 2.64 bits per heavy atom. The Bertz CT molecular complexity index is 147. The Kier molecular flexibility index (Phi) is 4.33. The predicted molar refractivity (Wildman–Crippen MR) is 55.5 cm³/mol. The van der Waals surface area contributed by atoms with Crippen molar-refractivity contribution in [1.29, 1.82) is 0 Å². The standard InChI is InChI=1S/C7H14N2S2/c1-2-6(8)5-11-7-9-3-4-10-7/h6H,2-5,8H2,1H3. The van der Waals surface area contributed by atoms with Gasteiger partial charge in [0.05, 0.1) is 6.54 Å². The van der Waals surface area contributed by atoms with Gasteiger partial charge in [-0.1, -0.05) is 30.4 Å². The van der Waals surface area contributed by atoms with Crippen molar-refractivity contribution in [3.63, 3.8) is 0 Å². The molecule has 0 amide bonds. The average molecular weight is 190 g/mol. The highest BCUT2D eigenvalue weighted by Crippen LogP contribution is 2.22. The number of hydrogen-bond donors (Lipinski definition) is 1. The number of hydrogen-bond acceptors (Lipinski definition) is 4. The smallest absolute Gasteiger partial charge is 0.124 e. The van der Waals surface area contributed by atoms with Crippen LogP contribution < -0.4 is 5.73 Å². The van der Waals surface area contributed by atoms with Crippen LogP contribution in [0.4, 0.5) is 0 Å². The van der Waals surface area contributed by atoms with E-state index in [1.165, 1.54) is 4.38 Å². The van der Waals surface area contributed by atoms with Gasteiger partial charge in [-0.05, 0) is 6.42 Å². The van der Waals surface area contributed by atoms with Gasteiger partial charge in [-0.15, -0.1) is 0 Å². The lowest BCUT2D eigenvalue weighted by atomic mass is 10.3. The molecule has 1 atom stereocenters. The molecule has 0 radical (unpaired) electrons. The van der Waals surface area contributed by atoms with Gasteiger partial charge in [0.1, 0.15) is 4.38 Å². The van der Waals surface area contributed by atoms with Crippen LogP contribution in [0.2, 0.25) is 0 Å². The third-order valence-corrected chi connectivity index (χ3v) is 3.94. The zero-order chi connectivity index (χ0) is 8.10. The first-order valence-corrected chi connectivity index (χ1v) is 5.85. The summed E-state index contributed by atoms with van der Waals surface area (Å²) < 4.78 is 1.23. The van der Waals surface area contributed by atoms with E-state index in [1.54, 1.807) is 11.8 Å². The van der Waals surface area contributed by atoms with E-state index in [0.717, 1.165) is 24.5 Å². The Hall–Kier alpha value is 0.330. The molecule has 1 aliphatic rings. The first-order valence-electron chi connectivity index (χ1n) is 3.88. The highest BCUT2D eigenvalue weighted by atomic mass is 32.2. The van der Waals surface area contributed by atoms with E-state index in [1.807, 2.05) is 11.8 Å². The molecule has 0 fully saturated rings. The molecule has 0 aromatic heterocycles. The molecular formula is C7H14N2S2. The van der Waals surface area contributed by atoms with Crippen LogP contribution in [0, 0.1) is 0 Å². The normalized spacial score (nSPS) is 20.0. The fourth-order valence-corrected chi connectivity index (χ4v) is 2.80. The van der Waals surface area contributed by atoms with Gasteiger partial charge in [0.2, 0.25) is 0 Å². The molecule has 0 aromatic rings. The maximum atomic E-state index is 5.77. The van der Waals surface area contributed by atoms with Crippen LogP contribution in [-0.4, -0.2) is 28.5 Å². The van der Waals surface area contributed by atoms with Gasteiger partial charge < -0.3 is 5.73 Å². The SMILES string of the molecule is CCC(N)CSC1=NCCS1. The van der Waals surface area contributed by atoms with Crippen LogP contribution in [0.25, 0.3) is 0 Å². The molecule has 1 aliphatic heterocycles. The maximum absolute atomic E-state index is 5.77. The van der Waals surface area contributed by atoms with E-state index in [2.05, 4.69) is 11.9 Å². The molecule has 11 heavy (non-hydrogen) atoms. The van der Waals surface area contributed by atoms with Crippen LogP contribution in [0.3, 0.4) is 0 Å². The fraction of sp³-hybridized carbons (Fsp3) is 0.857. The molecule has 4 heteroatoms. The molecule has 0 bridgehead atoms. The molecule has 1 unspecified atom stereocenters. The van der Waals surface area contributed by atoms with E-state index in [0.29, 0.717) is 6.04 Å². The Morgan fingerprint density at radius 1 is 1.82 bits per heavy atom. The molecule has 0 aromatic carbocycles. The van der Waals surface area contributed by atoms with Crippen molar-refractivity contribution >= 4 is 27.9 Å². The van der Waals surface area contributed by atoms with Crippen molar-refractivity contribution in [2.24, 2.45) is 10.7 Å². The van der Waals surface area contributed by atoms with E-state index < -0.39 is 0 Å². The summed E-state index contributed by atoms with van der Waals surface area (Å²) in [6.45, 7) is 3.11. The van der Waals surface area contributed by atoms with Gasteiger partial charge in [0.15, 0.2) is 0 Å². The van der Waals surface area contributed by atoms with E-state index in [4.69, 9.17) is 5.73 Å². The summed E-state index contributed by atoms with van der Waals surface area (Å²) in [5, 5.41) is 0.